The molecule has 0 spiro atoms. The first-order valence-corrected chi connectivity index (χ1v) is 6.92. The fraction of sp³-hybridized carbons (Fsp3) is 0.471. The predicted molar refractivity (Wildman–Crippen MR) is 87.2 cm³/mol. The molecule has 0 fully saturated rings. The highest BCUT2D eigenvalue weighted by Gasteiger charge is 2.11. The third-order valence-electron chi connectivity index (χ3n) is 3.03. The Morgan fingerprint density at radius 3 is 1.68 bits per heavy atom. The van der Waals surface area contributed by atoms with Crippen molar-refractivity contribution in [2.75, 3.05) is 32.7 Å². The molecule has 0 saturated carbocycles. The lowest BCUT2D eigenvalue weighted by molar-refractivity contribution is 0.247. The van der Waals surface area contributed by atoms with Crippen molar-refractivity contribution < 1.29 is 0 Å². The minimum Gasteiger partial charge on any atom is -0.296 e. The number of hydrogen-bond donors (Lipinski definition) is 0. The van der Waals surface area contributed by atoms with Gasteiger partial charge in [-0.2, -0.15) is 0 Å². The molecule has 0 bridgehead atoms. The van der Waals surface area contributed by atoms with E-state index in [4.69, 9.17) is 0 Å². The van der Waals surface area contributed by atoms with E-state index in [1.54, 1.807) is 0 Å². The molecule has 1 radical (unpaired) electrons. The highest BCUT2D eigenvalue weighted by Crippen LogP contribution is 2.07. The summed E-state index contributed by atoms with van der Waals surface area (Å²) in [6, 6.07) is 0.310. The molecule has 0 amide bonds. The summed E-state index contributed by atoms with van der Waals surface area (Å²) < 4.78 is 0. The van der Waals surface area contributed by atoms with Gasteiger partial charge in [0, 0.05) is 32.2 Å². The summed E-state index contributed by atoms with van der Waals surface area (Å²) in [5.74, 6) is 0. The Bertz CT molecular complexity index is 250. The molecule has 0 aromatic heterocycles. The summed E-state index contributed by atoms with van der Waals surface area (Å²) >= 11 is 0. The molecular formula is C17H29N2. The van der Waals surface area contributed by atoms with Crippen molar-refractivity contribution >= 4 is 0 Å². The lowest BCUT2D eigenvalue weighted by atomic mass is 10.1. The van der Waals surface area contributed by atoms with Gasteiger partial charge in [0.25, 0.3) is 0 Å². The van der Waals surface area contributed by atoms with Crippen LogP contribution in [0.3, 0.4) is 0 Å². The molecule has 107 valence electrons. The van der Waals surface area contributed by atoms with E-state index in [0.717, 1.165) is 45.6 Å². The average Bonchev–Trinajstić information content (AvgIpc) is 2.39. The summed E-state index contributed by atoms with van der Waals surface area (Å²) in [6.45, 7) is 24.0. The molecule has 1 atom stereocenters. The van der Waals surface area contributed by atoms with E-state index < -0.39 is 0 Å². The van der Waals surface area contributed by atoms with Gasteiger partial charge >= 0.3 is 0 Å². The molecule has 0 aromatic rings. The normalized spacial score (nSPS) is 12.4. The van der Waals surface area contributed by atoms with Crippen LogP contribution < -0.4 is 0 Å². The van der Waals surface area contributed by atoms with E-state index in [0.29, 0.717) is 6.04 Å². The topological polar surface area (TPSA) is 6.48 Å². The SMILES string of the molecule is [CH2]C(CCCN(CC=C)CC=C)N(CC=C)CC=C. The van der Waals surface area contributed by atoms with Gasteiger partial charge in [0.15, 0.2) is 0 Å². The quantitative estimate of drug-likeness (QED) is 0.469. The van der Waals surface area contributed by atoms with E-state index >= 15 is 0 Å². The fourth-order valence-electron chi connectivity index (χ4n) is 2.06. The molecule has 19 heavy (non-hydrogen) atoms. The number of nitrogens with zero attached hydrogens (tertiary/aromatic N) is 2. The molecule has 0 aromatic carbocycles. The molecule has 0 aliphatic rings. The lowest BCUT2D eigenvalue weighted by Gasteiger charge is -2.27. The van der Waals surface area contributed by atoms with Crippen LogP contribution in [0.2, 0.25) is 0 Å². The fourth-order valence-corrected chi connectivity index (χ4v) is 2.06. The van der Waals surface area contributed by atoms with E-state index in [-0.39, 0.29) is 0 Å². The Morgan fingerprint density at radius 1 is 0.789 bits per heavy atom. The minimum atomic E-state index is 0.310. The number of hydrogen-bond acceptors (Lipinski definition) is 2. The van der Waals surface area contributed by atoms with Crippen LogP contribution in [0.1, 0.15) is 12.8 Å². The molecule has 1 unspecified atom stereocenters. The van der Waals surface area contributed by atoms with Crippen LogP contribution >= 0.6 is 0 Å². The van der Waals surface area contributed by atoms with Gasteiger partial charge < -0.3 is 0 Å². The van der Waals surface area contributed by atoms with E-state index in [2.05, 4.69) is 43.0 Å². The molecule has 0 N–H and O–H groups in total. The van der Waals surface area contributed by atoms with Gasteiger partial charge in [0.1, 0.15) is 0 Å². The molecule has 0 saturated heterocycles. The third kappa shape index (κ3) is 8.57. The van der Waals surface area contributed by atoms with E-state index in [1.165, 1.54) is 0 Å². The first kappa shape index (κ1) is 17.9. The molecule has 0 aliphatic carbocycles. The highest BCUT2D eigenvalue weighted by molar-refractivity contribution is 4.86. The minimum absolute atomic E-state index is 0.310. The molecule has 0 rings (SSSR count). The van der Waals surface area contributed by atoms with Crippen LogP contribution in [-0.4, -0.2) is 48.6 Å². The largest absolute Gasteiger partial charge is 0.296 e. The van der Waals surface area contributed by atoms with Crippen molar-refractivity contribution in [2.24, 2.45) is 0 Å². The second-order valence-corrected chi connectivity index (χ2v) is 4.66. The summed E-state index contributed by atoms with van der Waals surface area (Å²) in [6.07, 6.45) is 9.92. The van der Waals surface area contributed by atoms with Crippen LogP contribution in [0.4, 0.5) is 0 Å². The van der Waals surface area contributed by atoms with Gasteiger partial charge in [-0.15, -0.1) is 26.3 Å². The van der Waals surface area contributed by atoms with Gasteiger partial charge in [-0.3, -0.25) is 9.80 Å². The van der Waals surface area contributed by atoms with Crippen LogP contribution in [0.15, 0.2) is 50.6 Å². The van der Waals surface area contributed by atoms with Crippen LogP contribution in [0, 0.1) is 6.92 Å². The van der Waals surface area contributed by atoms with Gasteiger partial charge in [-0.1, -0.05) is 24.3 Å². The van der Waals surface area contributed by atoms with Crippen molar-refractivity contribution in [2.45, 2.75) is 18.9 Å². The maximum absolute atomic E-state index is 4.24. The zero-order valence-corrected chi connectivity index (χ0v) is 12.3. The van der Waals surface area contributed by atoms with Crippen molar-refractivity contribution in [1.82, 2.24) is 9.80 Å². The van der Waals surface area contributed by atoms with E-state index in [9.17, 15) is 0 Å². The second-order valence-electron chi connectivity index (χ2n) is 4.66. The summed E-state index contributed by atoms with van der Waals surface area (Å²) in [5.41, 5.74) is 0. The van der Waals surface area contributed by atoms with Gasteiger partial charge in [0.2, 0.25) is 0 Å². The summed E-state index contributed by atoms with van der Waals surface area (Å²) in [5, 5.41) is 0. The Kier molecular flexibility index (Phi) is 11.2. The van der Waals surface area contributed by atoms with E-state index in [1.807, 2.05) is 24.3 Å². The first-order valence-electron chi connectivity index (χ1n) is 6.92. The third-order valence-corrected chi connectivity index (χ3v) is 3.03. The zero-order valence-electron chi connectivity index (χ0n) is 12.3. The standard InChI is InChI=1S/C17H29N2/c1-6-12-18(13-7-2)16-10-11-17(5)19(14-8-3)15-9-4/h6-9,17H,1-5,10-16H2. The predicted octanol–water partition coefficient (Wildman–Crippen LogP) is 3.32. The van der Waals surface area contributed by atoms with Crippen LogP contribution in [-0.2, 0) is 0 Å². The molecule has 2 nitrogen and oxygen atoms in total. The second kappa shape index (κ2) is 11.9. The zero-order chi connectivity index (χ0) is 14.5. The Hall–Kier alpha value is -1.12. The Balaban J connectivity index is 4.06. The van der Waals surface area contributed by atoms with Gasteiger partial charge in [-0.25, -0.2) is 0 Å². The van der Waals surface area contributed by atoms with Crippen LogP contribution in [0.5, 0.6) is 0 Å². The summed E-state index contributed by atoms with van der Waals surface area (Å²) in [7, 11) is 0. The Labute approximate surface area is 119 Å². The monoisotopic (exact) mass is 261 g/mol. The summed E-state index contributed by atoms with van der Waals surface area (Å²) in [4.78, 5) is 4.61. The smallest absolute Gasteiger partial charge is 0.0166 e. The van der Waals surface area contributed by atoms with Crippen molar-refractivity contribution in [3.8, 4) is 0 Å². The maximum atomic E-state index is 4.24. The number of rotatable bonds is 13. The molecule has 2 heteroatoms. The van der Waals surface area contributed by atoms with Crippen LogP contribution in [0.25, 0.3) is 0 Å². The molecular weight excluding hydrogens is 232 g/mol. The van der Waals surface area contributed by atoms with Crippen molar-refractivity contribution in [1.29, 1.82) is 0 Å². The lowest BCUT2D eigenvalue weighted by Crippen LogP contribution is -2.34. The Morgan fingerprint density at radius 2 is 1.26 bits per heavy atom. The van der Waals surface area contributed by atoms with Gasteiger partial charge in [0.05, 0.1) is 0 Å². The maximum Gasteiger partial charge on any atom is 0.0166 e. The molecule has 0 heterocycles. The highest BCUT2D eigenvalue weighted by atomic mass is 15.1. The first-order chi connectivity index (χ1) is 9.19. The average molecular weight is 261 g/mol. The van der Waals surface area contributed by atoms with Crippen molar-refractivity contribution in [3.63, 3.8) is 0 Å². The van der Waals surface area contributed by atoms with Gasteiger partial charge in [-0.05, 0) is 26.3 Å². The van der Waals surface area contributed by atoms with Crippen molar-refractivity contribution in [3.05, 3.63) is 57.5 Å². The molecule has 0 aliphatic heterocycles.